The predicted molar refractivity (Wildman–Crippen MR) is 96.9 cm³/mol. The highest BCUT2D eigenvalue weighted by Gasteiger charge is 2.48. The van der Waals surface area contributed by atoms with Crippen LogP contribution < -0.4 is 0 Å². The number of pyridine rings is 1. The summed E-state index contributed by atoms with van der Waals surface area (Å²) in [5, 5.41) is 10.3. The van der Waals surface area contributed by atoms with Crippen molar-refractivity contribution >= 4 is 22.8 Å². The summed E-state index contributed by atoms with van der Waals surface area (Å²) in [6.07, 6.45) is 3.46. The number of fused-ring (bicyclic) bond motifs is 1. The van der Waals surface area contributed by atoms with Gasteiger partial charge in [-0.2, -0.15) is 0 Å². The van der Waals surface area contributed by atoms with E-state index in [2.05, 4.69) is 4.98 Å². The van der Waals surface area contributed by atoms with E-state index in [9.17, 15) is 14.7 Å². The summed E-state index contributed by atoms with van der Waals surface area (Å²) in [5.74, 6) is -0.993. The van der Waals surface area contributed by atoms with Gasteiger partial charge in [-0.1, -0.05) is 18.2 Å². The van der Waals surface area contributed by atoms with Gasteiger partial charge in [-0.15, -0.1) is 0 Å². The summed E-state index contributed by atoms with van der Waals surface area (Å²) in [6, 6.07) is 13.6. The Morgan fingerprint density at radius 2 is 1.85 bits per heavy atom. The van der Waals surface area contributed by atoms with E-state index in [-0.39, 0.29) is 19.0 Å². The lowest BCUT2D eigenvalue weighted by Crippen LogP contribution is -2.60. The summed E-state index contributed by atoms with van der Waals surface area (Å²) in [6.45, 7) is 2.70. The van der Waals surface area contributed by atoms with Crippen LogP contribution in [0.4, 0.5) is 0 Å². The summed E-state index contributed by atoms with van der Waals surface area (Å²) >= 11 is 0. The van der Waals surface area contributed by atoms with Crippen molar-refractivity contribution in [3.05, 3.63) is 66.1 Å². The summed E-state index contributed by atoms with van der Waals surface area (Å²) in [4.78, 5) is 30.0. The molecule has 0 aliphatic carbocycles. The first-order valence-corrected chi connectivity index (χ1v) is 8.48. The van der Waals surface area contributed by atoms with Gasteiger partial charge in [0.25, 0.3) is 5.91 Å². The minimum atomic E-state index is -0.862. The Morgan fingerprint density at radius 3 is 2.54 bits per heavy atom. The second kappa shape index (κ2) is 5.98. The zero-order chi connectivity index (χ0) is 18.3. The van der Waals surface area contributed by atoms with Crippen LogP contribution in [0.15, 0.2) is 54.9 Å². The van der Waals surface area contributed by atoms with Gasteiger partial charge in [-0.05, 0) is 36.8 Å². The Bertz CT molecular complexity index is 988. The molecular weight excluding hydrogens is 330 g/mol. The summed E-state index contributed by atoms with van der Waals surface area (Å²) in [7, 11) is 0. The monoisotopic (exact) mass is 349 g/mol. The Kier molecular flexibility index (Phi) is 3.76. The van der Waals surface area contributed by atoms with Crippen LogP contribution in [0.3, 0.4) is 0 Å². The van der Waals surface area contributed by atoms with Crippen molar-refractivity contribution in [2.24, 2.45) is 5.41 Å². The first-order chi connectivity index (χ1) is 12.5. The van der Waals surface area contributed by atoms with Crippen LogP contribution in [-0.4, -0.2) is 44.5 Å². The van der Waals surface area contributed by atoms with E-state index in [1.54, 1.807) is 24.2 Å². The number of aliphatic carboxylic acids is 1. The van der Waals surface area contributed by atoms with E-state index in [1.807, 2.05) is 47.0 Å². The number of rotatable bonds is 4. The van der Waals surface area contributed by atoms with E-state index in [1.165, 1.54) is 0 Å². The average Bonchev–Trinajstić information content (AvgIpc) is 2.98. The van der Waals surface area contributed by atoms with E-state index in [4.69, 9.17) is 0 Å². The van der Waals surface area contributed by atoms with Crippen molar-refractivity contribution in [1.29, 1.82) is 0 Å². The van der Waals surface area contributed by atoms with Gasteiger partial charge >= 0.3 is 5.97 Å². The molecule has 0 bridgehead atoms. The smallest absolute Gasteiger partial charge is 0.312 e. The molecule has 0 spiro atoms. The highest BCUT2D eigenvalue weighted by Crippen LogP contribution is 2.32. The maximum Gasteiger partial charge on any atom is 0.312 e. The number of carboxylic acids is 1. The van der Waals surface area contributed by atoms with Crippen LogP contribution in [-0.2, 0) is 11.3 Å². The molecule has 1 N–H and O–H groups in total. The molecule has 1 saturated heterocycles. The number of benzene rings is 1. The largest absolute Gasteiger partial charge is 0.481 e. The number of aromatic nitrogens is 2. The standard InChI is InChI=1S/C20H19N3O3/c1-20(19(25)26)12-22(13-20)18(24)17-10-15-4-2-3-5-16(15)23(17)11-14-6-8-21-9-7-14/h2-10H,11-13H2,1H3,(H,25,26). The molecule has 2 aromatic heterocycles. The molecule has 0 saturated carbocycles. The molecule has 0 radical (unpaired) electrons. The zero-order valence-electron chi connectivity index (χ0n) is 14.4. The number of likely N-dealkylation sites (tertiary alicyclic amines) is 1. The van der Waals surface area contributed by atoms with Crippen molar-refractivity contribution in [1.82, 2.24) is 14.5 Å². The first kappa shape index (κ1) is 16.3. The highest BCUT2D eigenvalue weighted by atomic mass is 16.4. The third-order valence-corrected chi connectivity index (χ3v) is 5.00. The number of carbonyl (C=O) groups excluding carboxylic acids is 1. The van der Waals surface area contributed by atoms with Crippen molar-refractivity contribution in [2.45, 2.75) is 13.5 Å². The molecule has 1 amide bonds. The van der Waals surface area contributed by atoms with E-state index >= 15 is 0 Å². The van der Waals surface area contributed by atoms with Crippen LogP contribution in [0.2, 0.25) is 0 Å². The number of nitrogens with zero attached hydrogens (tertiary/aromatic N) is 3. The molecule has 0 unspecified atom stereocenters. The van der Waals surface area contributed by atoms with Crippen molar-refractivity contribution < 1.29 is 14.7 Å². The van der Waals surface area contributed by atoms with Gasteiger partial charge in [0.1, 0.15) is 11.1 Å². The molecule has 132 valence electrons. The first-order valence-electron chi connectivity index (χ1n) is 8.48. The quantitative estimate of drug-likeness (QED) is 0.786. The second-order valence-electron chi connectivity index (χ2n) is 7.06. The number of hydrogen-bond acceptors (Lipinski definition) is 3. The Labute approximate surface area is 150 Å². The third-order valence-electron chi connectivity index (χ3n) is 5.00. The number of hydrogen-bond donors (Lipinski definition) is 1. The molecule has 1 fully saturated rings. The molecule has 26 heavy (non-hydrogen) atoms. The summed E-state index contributed by atoms with van der Waals surface area (Å²) < 4.78 is 1.99. The molecule has 0 atom stereocenters. The fourth-order valence-corrected chi connectivity index (χ4v) is 3.47. The number of para-hydroxylation sites is 1. The van der Waals surface area contributed by atoms with Gasteiger partial charge in [-0.3, -0.25) is 14.6 Å². The van der Waals surface area contributed by atoms with Gasteiger partial charge in [0.2, 0.25) is 0 Å². The van der Waals surface area contributed by atoms with Crippen molar-refractivity contribution in [2.75, 3.05) is 13.1 Å². The second-order valence-corrected chi connectivity index (χ2v) is 7.06. The molecule has 6 heteroatoms. The van der Waals surface area contributed by atoms with Crippen LogP contribution in [0, 0.1) is 5.41 Å². The fraction of sp³-hybridized carbons (Fsp3) is 0.250. The number of carboxylic acid groups (broad SMARTS) is 1. The van der Waals surface area contributed by atoms with Gasteiger partial charge in [0, 0.05) is 42.9 Å². The van der Waals surface area contributed by atoms with Crippen molar-refractivity contribution in [3.8, 4) is 0 Å². The lowest BCUT2D eigenvalue weighted by Gasteiger charge is -2.44. The molecule has 1 aliphatic heterocycles. The van der Waals surface area contributed by atoms with Gasteiger partial charge in [0.15, 0.2) is 0 Å². The van der Waals surface area contributed by atoms with Gasteiger partial charge < -0.3 is 14.6 Å². The maximum atomic E-state index is 13.0. The van der Waals surface area contributed by atoms with Gasteiger partial charge in [0.05, 0.1) is 0 Å². The number of carbonyl (C=O) groups is 2. The molecule has 1 aromatic carbocycles. The molecule has 6 nitrogen and oxygen atoms in total. The lowest BCUT2D eigenvalue weighted by molar-refractivity contribution is -0.155. The molecule has 4 rings (SSSR count). The van der Waals surface area contributed by atoms with Crippen LogP contribution in [0.25, 0.3) is 10.9 Å². The average molecular weight is 349 g/mol. The topological polar surface area (TPSA) is 75.4 Å². The minimum absolute atomic E-state index is 0.131. The third kappa shape index (κ3) is 2.63. The Hall–Kier alpha value is -3.15. The number of amides is 1. The van der Waals surface area contributed by atoms with E-state index in [0.717, 1.165) is 16.5 Å². The normalized spacial score (nSPS) is 15.7. The minimum Gasteiger partial charge on any atom is -0.481 e. The zero-order valence-corrected chi connectivity index (χ0v) is 14.4. The van der Waals surface area contributed by atoms with E-state index < -0.39 is 11.4 Å². The molecular formula is C20H19N3O3. The highest BCUT2D eigenvalue weighted by molar-refractivity contribution is 6.00. The molecule has 3 aromatic rings. The predicted octanol–water partition coefficient (Wildman–Crippen LogP) is 2.63. The molecule has 1 aliphatic rings. The SMILES string of the molecule is CC1(C(=O)O)CN(C(=O)c2cc3ccccc3n2Cc2ccncc2)C1. The summed E-state index contributed by atoms with van der Waals surface area (Å²) in [5.41, 5.74) is 1.76. The maximum absolute atomic E-state index is 13.0. The molecule has 3 heterocycles. The van der Waals surface area contributed by atoms with Crippen LogP contribution in [0.1, 0.15) is 23.0 Å². The van der Waals surface area contributed by atoms with Crippen LogP contribution in [0.5, 0.6) is 0 Å². The Balaban J connectivity index is 1.70. The Morgan fingerprint density at radius 1 is 1.15 bits per heavy atom. The lowest BCUT2D eigenvalue weighted by atomic mass is 9.82. The fourth-order valence-electron chi connectivity index (χ4n) is 3.47. The van der Waals surface area contributed by atoms with Crippen LogP contribution >= 0.6 is 0 Å². The van der Waals surface area contributed by atoms with Crippen molar-refractivity contribution in [3.63, 3.8) is 0 Å². The van der Waals surface area contributed by atoms with E-state index in [0.29, 0.717) is 12.2 Å². The van der Waals surface area contributed by atoms with Gasteiger partial charge in [-0.25, -0.2) is 0 Å².